The van der Waals surface area contributed by atoms with Crippen molar-refractivity contribution >= 4 is 34.0 Å². The van der Waals surface area contributed by atoms with Crippen molar-refractivity contribution in [1.29, 1.82) is 0 Å². The maximum absolute atomic E-state index is 10.9. The van der Waals surface area contributed by atoms with Gasteiger partial charge in [-0.05, 0) is 19.3 Å². The normalized spacial score (nSPS) is 25.1. The molecular formula is C10H13ClN2O2S. The van der Waals surface area contributed by atoms with E-state index < -0.39 is 5.97 Å². The van der Waals surface area contributed by atoms with Crippen molar-refractivity contribution in [2.24, 2.45) is 5.92 Å². The molecule has 0 saturated carbocycles. The summed E-state index contributed by atoms with van der Waals surface area (Å²) < 4.78 is 0. The van der Waals surface area contributed by atoms with Crippen molar-refractivity contribution < 1.29 is 9.90 Å². The molecular weight excluding hydrogens is 248 g/mol. The van der Waals surface area contributed by atoms with Crippen molar-refractivity contribution in [1.82, 2.24) is 4.98 Å². The number of carbonyl (C=O) groups is 1. The van der Waals surface area contributed by atoms with E-state index in [0.29, 0.717) is 12.0 Å². The maximum atomic E-state index is 10.9. The van der Waals surface area contributed by atoms with Gasteiger partial charge in [0, 0.05) is 12.6 Å². The van der Waals surface area contributed by atoms with E-state index in [4.69, 9.17) is 16.7 Å². The van der Waals surface area contributed by atoms with E-state index in [1.54, 1.807) is 0 Å². The van der Waals surface area contributed by atoms with Gasteiger partial charge in [-0.1, -0.05) is 29.9 Å². The largest absolute Gasteiger partial charge is 0.477 e. The molecule has 0 radical (unpaired) electrons. The molecule has 16 heavy (non-hydrogen) atoms. The second-order valence-electron chi connectivity index (χ2n) is 4.26. The van der Waals surface area contributed by atoms with Gasteiger partial charge in [0.05, 0.1) is 0 Å². The van der Waals surface area contributed by atoms with Crippen LogP contribution in [0.2, 0.25) is 5.15 Å². The minimum absolute atomic E-state index is 0.0965. The molecule has 1 saturated heterocycles. The Morgan fingerprint density at radius 1 is 1.62 bits per heavy atom. The van der Waals surface area contributed by atoms with Crippen LogP contribution in [0.5, 0.6) is 0 Å². The summed E-state index contributed by atoms with van der Waals surface area (Å²) in [4.78, 5) is 17.3. The first-order valence-electron chi connectivity index (χ1n) is 5.15. The van der Waals surface area contributed by atoms with Crippen LogP contribution in [0.25, 0.3) is 0 Å². The number of anilines is 1. The van der Waals surface area contributed by atoms with Crippen LogP contribution in [0.3, 0.4) is 0 Å². The molecule has 1 aliphatic heterocycles. The molecule has 2 rings (SSSR count). The molecule has 6 heteroatoms. The third-order valence-corrected chi connectivity index (χ3v) is 4.26. The lowest BCUT2D eigenvalue weighted by atomic mass is 10.1. The van der Waals surface area contributed by atoms with Gasteiger partial charge in [-0.2, -0.15) is 0 Å². The molecule has 88 valence electrons. The molecule has 0 bridgehead atoms. The number of hydrogen-bond donors (Lipinski definition) is 1. The van der Waals surface area contributed by atoms with E-state index in [1.807, 2.05) is 0 Å². The summed E-state index contributed by atoms with van der Waals surface area (Å²) in [5, 5.41) is 9.73. The minimum atomic E-state index is -1.01. The van der Waals surface area contributed by atoms with Crippen LogP contribution >= 0.6 is 22.9 Å². The van der Waals surface area contributed by atoms with Gasteiger partial charge in [-0.15, -0.1) is 0 Å². The number of thiazole rings is 1. The Labute approximate surface area is 103 Å². The number of rotatable bonds is 2. The Bertz CT molecular complexity index is 421. The Balaban J connectivity index is 2.28. The van der Waals surface area contributed by atoms with Crippen LogP contribution in [-0.4, -0.2) is 28.6 Å². The van der Waals surface area contributed by atoms with E-state index in [9.17, 15) is 4.79 Å². The Hall–Kier alpha value is -0.810. The maximum Gasteiger partial charge on any atom is 0.349 e. The molecule has 1 aliphatic rings. The molecule has 2 unspecified atom stereocenters. The summed E-state index contributed by atoms with van der Waals surface area (Å²) in [6.45, 7) is 5.23. The van der Waals surface area contributed by atoms with Crippen LogP contribution in [-0.2, 0) is 0 Å². The topological polar surface area (TPSA) is 53.4 Å². The number of nitrogens with zero attached hydrogens (tertiary/aromatic N) is 2. The summed E-state index contributed by atoms with van der Waals surface area (Å²) in [6, 6.07) is 0.402. The first kappa shape index (κ1) is 11.7. The second kappa shape index (κ2) is 4.22. The van der Waals surface area contributed by atoms with Crippen LogP contribution in [0.1, 0.15) is 29.9 Å². The predicted octanol–water partition coefficient (Wildman–Crippen LogP) is 2.73. The first-order chi connectivity index (χ1) is 7.49. The molecule has 1 aromatic rings. The van der Waals surface area contributed by atoms with E-state index >= 15 is 0 Å². The molecule has 2 heterocycles. The third-order valence-electron chi connectivity index (χ3n) is 2.80. The standard InChI is InChI=1S/C10H13ClN2O2S/c1-5-3-6(2)13(4-5)10-12-8(11)7(16-10)9(14)15/h5-6H,3-4H2,1-2H3,(H,14,15). The van der Waals surface area contributed by atoms with Gasteiger partial charge in [-0.25, -0.2) is 9.78 Å². The summed E-state index contributed by atoms with van der Waals surface area (Å²) in [7, 11) is 0. The Morgan fingerprint density at radius 3 is 2.75 bits per heavy atom. The lowest BCUT2D eigenvalue weighted by molar-refractivity contribution is 0.0702. The summed E-state index contributed by atoms with van der Waals surface area (Å²) in [5.74, 6) is -0.389. The van der Waals surface area contributed by atoms with Crippen molar-refractivity contribution in [3.8, 4) is 0 Å². The molecule has 0 aromatic carbocycles. The van der Waals surface area contributed by atoms with Crippen LogP contribution < -0.4 is 4.90 Å². The van der Waals surface area contributed by atoms with Gasteiger partial charge >= 0.3 is 5.97 Å². The number of hydrogen-bond acceptors (Lipinski definition) is 4. The SMILES string of the molecule is CC1CC(C)N(c2nc(Cl)c(C(=O)O)s2)C1. The van der Waals surface area contributed by atoms with Crippen LogP contribution in [0, 0.1) is 5.92 Å². The van der Waals surface area contributed by atoms with Gasteiger partial charge in [-0.3, -0.25) is 0 Å². The highest BCUT2D eigenvalue weighted by atomic mass is 35.5. The van der Waals surface area contributed by atoms with Crippen LogP contribution in [0.4, 0.5) is 5.13 Å². The first-order valence-corrected chi connectivity index (χ1v) is 6.34. The molecule has 1 aromatic heterocycles. The van der Waals surface area contributed by atoms with Gasteiger partial charge < -0.3 is 10.0 Å². The van der Waals surface area contributed by atoms with Gasteiger partial charge in [0.1, 0.15) is 0 Å². The van der Waals surface area contributed by atoms with Crippen molar-refractivity contribution in [2.45, 2.75) is 26.3 Å². The predicted molar refractivity (Wildman–Crippen MR) is 64.7 cm³/mol. The number of halogens is 1. The molecule has 4 nitrogen and oxygen atoms in total. The fourth-order valence-corrected chi connectivity index (χ4v) is 3.35. The van der Waals surface area contributed by atoms with E-state index in [2.05, 4.69) is 23.7 Å². The van der Waals surface area contributed by atoms with Crippen molar-refractivity contribution in [2.75, 3.05) is 11.4 Å². The molecule has 0 amide bonds. The highest BCUT2D eigenvalue weighted by Crippen LogP contribution is 2.35. The van der Waals surface area contributed by atoms with Crippen LogP contribution in [0.15, 0.2) is 0 Å². The second-order valence-corrected chi connectivity index (χ2v) is 5.60. The average molecular weight is 261 g/mol. The summed E-state index contributed by atoms with van der Waals surface area (Å²) in [6.07, 6.45) is 1.11. The third kappa shape index (κ3) is 2.01. The Morgan fingerprint density at radius 2 is 2.31 bits per heavy atom. The monoisotopic (exact) mass is 260 g/mol. The number of aromatic carboxylic acids is 1. The molecule has 1 fully saturated rings. The quantitative estimate of drug-likeness (QED) is 0.888. The Kier molecular flexibility index (Phi) is 3.08. The highest BCUT2D eigenvalue weighted by Gasteiger charge is 2.29. The van der Waals surface area contributed by atoms with E-state index in [1.165, 1.54) is 0 Å². The average Bonchev–Trinajstić information content (AvgIpc) is 2.69. The lowest BCUT2D eigenvalue weighted by Crippen LogP contribution is -2.26. The van der Waals surface area contributed by atoms with Crippen molar-refractivity contribution in [3.05, 3.63) is 10.0 Å². The zero-order valence-electron chi connectivity index (χ0n) is 9.11. The van der Waals surface area contributed by atoms with E-state index in [-0.39, 0.29) is 10.0 Å². The highest BCUT2D eigenvalue weighted by molar-refractivity contribution is 7.18. The van der Waals surface area contributed by atoms with Gasteiger partial charge in [0.15, 0.2) is 15.2 Å². The van der Waals surface area contributed by atoms with Gasteiger partial charge in [0.25, 0.3) is 0 Å². The summed E-state index contributed by atoms with van der Waals surface area (Å²) >= 11 is 6.95. The lowest BCUT2D eigenvalue weighted by Gasteiger charge is -2.19. The van der Waals surface area contributed by atoms with Gasteiger partial charge in [0.2, 0.25) is 0 Å². The van der Waals surface area contributed by atoms with Crippen molar-refractivity contribution in [3.63, 3.8) is 0 Å². The summed E-state index contributed by atoms with van der Waals surface area (Å²) in [5.41, 5.74) is 0. The fourth-order valence-electron chi connectivity index (χ4n) is 2.11. The fraction of sp³-hybridized carbons (Fsp3) is 0.600. The molecule has 0 spiro atoms. The van der Waals surface area contributed by atoms with E-state index in [0.717, 1.165) is 29.4 Å². The molecule has 1 N–H and O–H groups in total. The number of aromatic nitrogens is 1. The zero-order chi connectivity index (χ0) is 11.9. The smallest absolute Gasteiger partial charge is 0.349 e. The minimum Gasteiger partial charge on any atom is -0.477 e. The molecule has 0 aliphatic carbocycles. The number of carboxylic acid groups (broad SMARTS) is 1. The molecule has 2 atom stereocenters. The number of carboxylic acids is 1. The zero-order valence-corrected chi connectivity index (χ0v) is 10.7.